The molecular weight excluding hydrogens is 211 g/mol. The molecule has 1 N–H and O–H groups in total. The molecule has 0 radical (unpaired) electrons. The van der Waals surface area contributed by atoms with Gasteiger partial charge in [0.1, 0.15) is 11.9 Å². The highest BCUT2D eigenvalue weighted by Gasteiger charge is 2.14. The molecule has 16 heavy (non-hydrogen) atoms. The first-order valence-corrected chi connectivity index (χ1v) is 4.86. The van der Waals surface area contributed by atoms with Crippen LogP contribution in [0, 0.1) is 12.7 Å². The Morgan fingerprint density at radius 1 is 1.44 bits per heavy atom. The summed E-state index contributed by atoms with van der Waals surface area (Å²) in [5, 5.41) is 12.9. The third-order valence-corrected chi connectivity index (χ3v) is 2.24. The van der Waals surface area contributed by atoms with Crippen molar-refractivity contribution in [2.24, 2.45) is 0 Å². The van der Waals surface area contributed by atoms with E-state index < -0.39 is 6.10 Å². The van der Waals surface area contributed by atoms with Crippen LogP contribution in [0.1, 0.15) is 24.5 Å². The van der Waals surface area contributed by atoms with Crippen molar-refractivity contribution >= 4 is 0 Å². The first-order valence-electron chi connectivity index (χ1n) is 4.86. The molecule has 1 unspecified atom stereocenters. The standard InChI is InChI=1S/C11H11FN2O2/c1-6-3-4-8(12)5-9(6)10-13-11(7(2)15)16-14-10/h3-5,7,15H,1-2H3. The monoisotopic (exact) mass is 222 g/mol. The van der Waals surface area contributed by atoms with E-state index in [1.54, 1.807) is 6.07 Å². The van der Waals surface area contributed by atoms with Crippen LogP contribution in [0.2, 0.25) is 0 Å². The van der Waals surface area contributed by atoms with Gasteiger partial charge in [-0.1, -0.05) is 11.2 Å². The van der Waals surface area contributed by atoms with Gasteiger partial charge in [-0.05, 0) is 31.5 Å². The Morgan fingerprint density at radius 2 is 2.19 bits per heavy atom. The molecule has 0 fully saturated rings. The molecule has 5 heteroatoms. The average molecular weight is 222 g/mol. The highest BCUT2D eigenvalue weighted by Crippen LogP contribution is 2.22. The fraction of sp³-hybridized carbons (Fsp3) is 0.273. The molecule has 0 aliphatic heterocycles. The first-order chi connectivity index (χ1) is 7.58. The van der Waals surface area contributed by atoms with E-state index in [2.05, 4.69) is 10.1 Å². The van der Waals surface area contributed by atoms with Crippen LogP contribution in [0.5, 0.6) is 0 Å². The van der Waals surface area contributed by atoms with Crippen molar-refractivity contribution in [2.75, 3.05) is 0 Å². The van der Waals surface area contributed by atoms with E-state index in [-0.39, 0.29) is 17.5 Å². The van der Waals surface area contributed by atoms with Gasteiger partial charge in [0.15, 0.2) is 0 Å². The van der Waals surface area contributed by atoms with Crippen molar-refractivity contribution in [3.05, 3.63) is 35.5 Å². The third-order valence-electron chi connectivity index (χ3n) is 2.24. The number of halogens is 1. The maximum atomic E-state index is 13.1. The Hall–Kier alpha value is -1.75. The maximum absolute atomic E-state index is 13.1. The van der Waals surface area contributed by atoms with Crippen LogP contribution in [-0.4, -0.2) is 15.2 Å². The quantitative estimate of drug-likeness (QED) is 0.846. The number of nitrogens with zero attached hydrogens (tertiary/aromatic N) is 2. The summed E-state index contributed by atoms with van der Waals surface area (Å²) in [5.74, 6) is 0.0514. The van der Waals surface area contributed by atoms with Crippen molar-refractivity contribution in [1.29, 1.82) is 0 Å². The van der Waals surface area contributed by atoms with E-state index in [4.69, 9.17) is 4.52 Å². The lowest BCUT2D eigenvalue weighted by molar-refractivity contribution is 0.152. The third kappa shape index (κ3) is 1.94. The second-order valence-corrected chi connectivity index (χ2v) is 3.59. The molecule has 0 saturated heterocycles. The summed E-state index contributed by atoms with van der Waals surface area (Å²) in [6, 6.07) is 4.35. The lowest BCUT2D eigenvalue weighted by atomic mass is 10.1. The van der Waals surface area contributed by atoms with Gasteiger partial charge in [-0.2, -0.15) is 4.98 Å². The van der Waals surface area contributed by atoms with Crippen molar-refractivity contribution < 1.29 is 14.0 Å². The van der Waals surface area contributed by atoms with Crippen LogP contribution in [0.15, 0.2) is 22.7 Å². The fourth-order valence-electron chi connectivity index (χ4n) is 1.35. The summed E-state index contributed by atoms with van der Waals surface area (Å²) in [7, 11) is 0. The van der Waals surface area contributed by atoms with E-state index in [1.165, 1.54) is 19.1 Å². The second-order valence-electron chi connectivity index (χ2n) is 3.59. The molecule has 0 amide bonds. The fourth-order valence-corrected chi connectivity index (χ4v) is 1.35. The van der Waals surface area contributed by atoms with Crippen molar-refractivity contribution in [3.63, 3.8) is 0 Å². The molecule has 1 atom stereocenters. The predicted octanol–water partition coefficient (Wildman–Crippen LogP) is 2.24. The molecule has 1 aromatic carbocycles. The zero-order valence-electron chi connectivity index (χ0n) is 8.94. The first kappa shape index (κ1) is 10.8. The number of hydrogen-bond donors (Lipinski definition) is 1. The van der Waals surface area contributed by atoms with Gasteiger partial charge in [0, 0.05) is 5.56 Å². The number of benzene rings is 1. The molecule has 0 aliphatic rings. The van der Waals surface area contributed by atoms with Crippen molar-refractivity contribution in [2.45, 2.75) is 20.0 Å². The molecule has 2 aromatic rings. The summed E-state index contributed by atoms with van der Waals surface area (Å²) in [4.78, 5) is 3.99. The lowest BCUT2D eigenvalue weighted by Crippen LogP contribution is -1.91. The van der Waals surface area contributed by atoms with Crippen LogP contribution in [0.25, 0.3) is 11.4 Å². The van der Waals surface area contributed by atoms with Gasteiger partial charge in [-0.3, -0.25) is 0 Å². The van der Waals surface area contributed by atoms with Gasteiger partial charge in [0.25, 0.3) is 5.89 Å². The maximum Gasteiger partial charge on any atom is 0.255 e. The Bertz CT molecular complexity index is 508. The molecule has 1 heterocycles. The van der Waals surface area contributed by atoms with E-state index in [0.717, 1.165) is 5.56 Å². The summed E-state index contributed by atoms with van der Waals surface area (Å²) < 4.78 is 17.9. The largest absolute Gasteiger partial charge is 0.384 e. The van der Waals surface area contributed by atoms with Crippen LogP contribution >= 0.6 is 0 Å². The van der Waals surface area contributed by atoms with Crippen LogP contribution in [0.4, 0.5) is 4.39 Å². The van der Waals surface area contributed by atoms with Gasteiger partial charge >= 0.3 is 0 Å². The van der Waals surface area contributed by atoms with Crippen LogP contribution in [-0.2, 0) is 0 Å². The summed E-state index contributed by atoms with van der Waals surface area (Å²) in [5.41, 5.74) is 1.41. The smallest absolute Gasteiger partial charge is 0.255 e. The predicted molar refractivity (Wildman–Crippen MR) is 55.1 cm³/mol. The zero-order valence-corrected chi connectivity index (χ0v) is 8.94. The van der Waals surface area contributed by atoms with Gasteiger partial charge in [-0.25, -0.2) is 4.39 Å². The highest BCUT2D eigenvalue weighted by atomic mass is 19.1. The number of aliphatic hydroxyl groups excluding tert-OH is 1. The summed E-state index contributed by atoms with van der Waals surface area (Å²) in [6.07, 6.45) is -0.824. The highest BCUT2D eigenvalue weighted by molar-refractivity contribution is 5.59. The van der Waals surface area contributed by atoms with Gasteiger partial charge < -0.3 is 9.63 Å². The van der Waals surface area contributed by atoms with E-state index >= 15 is 0 Å². The zero-order chi connectivity index (χ0) is 11.7. The van der Waals surface area contributed by atoms with E-state index in [9.17, 15) is 9.50 Å². The molecule has 4 nitrogen and oxygen atoms in total. The number of aliphatic hydroxyl groups is 1. The van der Waals surface area contributed by atoms with Crippen LogP contribution < -0.4 is 0 Å². The minimum Gasteiger partial charge on any atom is -0.384 e. The number of rotatable bonds is 2. The Labute approximate surface area is 91.7 Å². The number of aromatic nitrogens is 2. The SMILES string of the molecule is Cc1ccc(F)cc1-c1noc(C(C)O)n1. The van der Waals surface area contributed by atoms with E-state index in [1.807, 2.05) is 6.92 Å². The van der Waals surface area contributed by atoms with Gasteiger partial charge in [-0.15, -0.1) is 0 Å². The number of hydrogen-bond acceptors (Lipinski definition) is 4. The molecule has 0 spiro atoms. The summed E-state index contributed by atoms with van der Waals surface area (Å²) in [6.45, 7) is 3.35. The Morgan fingerprint density at radius 3 is 2.81 bits per heavy atom. The van der Waals surface area contributed by atoms with Crippen molar-refractivity contribution in [1.82, 2.24) is 10.1 Å². The molecular formula is C11H11FN2O2. The second kappa shape index (κ2) is 4.02. The Balaban J connectivity index is 2.46. The minimum atomic E-state index is -0.824. The topological polar surface area (TPSA) is 59.2 Å². The number of aryl methyl sites for hydroxylation is 1. The molecule has 84 valence electrons. The van der Waals surface area contributed by atoms with Gasteiger partial charge in [0.05, 0.1) is 0 Å². The van der Waals surface area contributed by atoms with Gasteiger partial charge in [0.2, 0.25) is 5.82 Å². The molecule has 2 rings (SSSR count). The Kier molecular flexibility index (Phi) is 2.70. The van der Waals surface area contributed by atoms with Crippen LogP contribution in [0.3, 0.4) is 0 Å². The minimum absolute atomic E-state index is 0.124. The lowest BCUT2D eigenvalue weighted by Gasteiger charge is -1.99. The summed E-state index contributed by atoms with van der Waals surface area (Å²) >= 11 is 0. The molecule has 1 aromatic heterocycles. The van der Waals surface area contributed by atoms with Crippen molar-refractivity contribution in [3.8, 4) is 11.4 Å². The normalized spacial score (nSPS) is 12.8. The molecule has 0 aliphatic carbocycles. The molecule has 0 bridgehead atoms. The molecule has 0 saturated carbocycles. The average Bonchev–Trinajstić information content (AvgIpc) is 2.70. The van der Waals surface area contributed by atoms with E-state index in [0.29, 0.717) is 5.56 Å².